The summed E-state index contributed by atoms with van der Waals surface area (Å²) in [4.78, 5) is 30.0. The maximum Gasteiger partial charge on any atom is 0.282 e. The molecule has 1 aliphatic rings. The molecule has 1 N–H and O–H groups in total. The van der Waals surface area contributed by atoms with Gasteiger partial charge in [0.15, 0.2) is 0 Å². The van der Waals surface area contributed by atoms with Gasteiger partial charge in [0.1, 0.15) is 11.4 Å². The van der Waals surface area contributed by atoms with Gasteiger partial charge in [0.05, 0.1) is 23.4 Å². The van der Waals surface area contributed by atoms with Crippen LogP contribution in [0, 0.1) is 0 Å². The van der Waals surface area contributed by atoms with Crippen molar-refractivity contribution in [2.24, 2.45) is 0 Å². The second-order valence-corrected chi connectivity index (χ2v) is 7.85. The third kappa shape index (κ3) is 3.92. The van der Waals surface area contributed by atoms with Crippen molar-refractivity contribution in [1.29, 1.82) is 0 Å². The lowest BCUT2D eigenvalue weighted by Crippen LogP contribution is -2.32. The van der Waals surface area contributed by atoms with Crippen LogP contribution in [-0.4, -0.2) is 33.0 Å². The molecule has 0 aliphatic carbocycles. The number of methoxy groups -OCH3 is 1. The molecule has 0 radical (unpaired) electrons. The van der Waals surface area contributed by atoms with Crippen molar-refractivity contribution in [3.63, 3.8) is 0 Å². The molecule has 0 aromatic heterocycles. The minimum atomic E-state index is -0.432. The Hall–Kier alpha value is -3.77. The number of imide groups is 1. The van der Waals surface area contributed by atoms with Crippen molar-refractivity contribution in [3.05, 3.63) is 89.1 Å². The molecule has 3 aromatic carbocycles. The molecule has 2 amide bonds. The van der Waals surface area contributed by atoms with Gasteiger partial charge in [-0.3, -0.25) is 9.59 Å². The summed E-state index contributed by atoms with van der Waals surface area (Å²) in [6.07, 6.45) is 0. The van der Waals surface area contributed by atoms with E-state index in [1.807, 2.05) is 61.5 Å². The van der Waals surface area contributed by atoms with E-state index in [2.05, 4.69) is 5.32 Å². The summed E-state index contributed by atoms with van der Waals surface area (Å²) in [6, 6.07) is 21.5. The number of nitrogens with zero attached hydrogens (tertiary/aromatic N) is 2. The lowest BCUT2D eigenvalue weighted by molar-refractivity contribution is -0.120. The minimum Gasteiger partial charge on any atom is -0.495 e. The number of halogens is 1. The number of anilines is 3. The normalized spacial score (nSPS) is 13.6. The number of ether oxygens (including phenoxy) is 1. The van der Waals surface area contributed by atoms with Gasteiger partial charge in [-0.15, -0.1) is 0 Å². The first-order valence-electron chi connectivity index (χ1n) is 9.97. The number of amides is 2. The van der Waals surface area contributed by atoms with Crippen LogP contribution in [0.3, 0.4) is 0 Å². The molecule has 162 valence electrons. The van der Waals surface area contributed by atoms with Gasteiger partial charge in [-0.1, -0.05) is 41.9 Å². The topological polar surface area (TPSA) is 61.9 Å². The smallest absolute Gasteiger partial charge is 0.282 e. The first-order chi connectivity index (χ1) is 15.4. The maximum absolute atomic E-state index is 13.5. The largest absolute Gasteiger partial charge is 0.495 e. The van der Waals surface area contributed by atoms with Crippen LogP contribution in [0.5, 0.6) is 5.75 Å². The number of rotatable bonds is 6. The number of nitrogens with one attached hydrogen (secondary N) is 1. The van der Waals surface area contributed by atoms with Crippen LogP contribution in [0.25, 0.3) is 5.57 Å². The Labute approximate surface area is 191 Å². The van der Waals surface area contributed by atoms with Gasteiger partial charge in [0, 0.05) is 25.5 Å². The highest BCUT2D eigenvalue weighted by atomic mass is 35.5. The fraction of sp³-hybridized carbons (Fsp3) is 0.120. The lowest BCUT2D eigenvalue weighted by atomic mass is 10.0. The molecule has 0 spiro atoms. The molecule has 1 heterocycles. The van der Waals surface area contributed by atoms with Crippen LogP contribution in [-0.2, 0) is 9.59 Å². The zero-order valence-corrected chi connectivity index (χ0v) is 18.7. The highest BCUT2D eigenvalue weighted by Gasteiger charge is 2.40. The number of hydrogen-bond donors (Lipinski definition) is 1. The summed E-state index contributed by atoms with van der Waals surface area (Å²) in [5.41, 5.74) is 3.20. The minimum absolute atomic E-state index is 0.194. The molecular weight excluding hydrogens is 426 g/mol. The van der Waals surface area contributed by atoms with E-state index < -0.39 is 5.91 Å². The van der Waals surface area contributed by atoms with Gasteiger partial charge in [-0.25, -0.2) is 4.90 Å². The molecule has 0 atom stereocenters. The van der Waals surface area contributed by atoms with E-state index in [9.17, 15) is 9.59 Å². The second-order valence-electron chi connectivity index (χ2n) is 7.45. The van der Waals surface area contributed by atoms with Gasteiger partial charge in [-0.2, -0.15) is 0 Å². The van der Waals surface area contributed by atoms with E-state index in [0.717, 1.165) is 5.69 Å². The van der Waals surface area contributed by atoms with E-state index in [1.54, 1.807) is 30.3 Å². The van der Waals surface area contributed by atoms with Crippen molar-refractivity contribution >= 4 is 46.1 Å². The Morgan fingerprint density at radius 3 is 2.19 bits per heavy atom. The van der Waals surface area contributed by atoms with Crippen molar-refractivity contribution in [2.45, 2.75) is 0 Å². The predicted octanol–water partition coefficient (Wildman–Crippen LogP) is 4.81. The van der Waals surface area contributed by atoms with Crippen LogP contribution >= 0.6 is 11.6 Å². The predicted molar refractivity (Wildman–Crippen MR) is 128 cm³/mol. The summed E-state index contributed by atoms with van der Waals surface area (Å²) < 4.78 is 5.20. The van der Waals surface area contributed by atoms with Crippen LogP contribution in [0.1, 0.15) is 5.56 Å². The maximum atomic E-state index is 13.5. The van der Waals surface area contributed by atoms with Crippen LogP contribution < -0.4 is 19.9 Å². The van der Waals surface area contributed by atoms with E-state index in [1.165, 1.54) is 12.0 Å². The Morgan fingerprint density at radius 2 is 1.59 bits per heavy atom. The van der Waals surface area contributed by atoms with Crippen LogP contribution in [0.15, 0.2) is 78.5 Å². The van der Waals surface area contributed by atoms with Crippen molar-refractivity contribution in [1.82, 2.24) is 0 Å². The van der Waals surface area contributed by atoms with E-state index in [0.29, 0.717) is 33.3 Å². The average molecular weight is 448 g/mol. The fourth-order valence-electron chi connectivity index (χ4n) is 3.54. The molecule has 6 nitrogen and oxygen atoms in total. The molecule has 0 bridgehead atoms. The summed E-state index contributed by atoms with van der Waals surface area (Å²) in [5, 5.41) is 3.51. The van der Waals surface area contributed by atoms with Gasteiger partial charge < -0.3 is 15.0 Å². The molecule has 0 saturated heterocycles. The molecule has 0 fully saturated rings. The quantitative estimate of drug-likeness (QED) is 0.549. The lowest BCUT2D eigenvalue weighted by Gasteiger charge is -2.18. The van der Waals surface area contributed by atoms with Gasteiger partial charge >= 0.3 is 0 Å². The molecule has 3 aromatic rings. The molecule has 32 heavy (non-hydrogen) atoms. The molecule has 0 unspecified atom stereocenters. The number of hydrogen-bond acceptors (Lipinski definition) is 5. The highest BCUT2D eigenvalue weighted by molar-refractivity contribution is 6.46. The van der Waals surface area contributed by atoms with Crippen LogP contribution in [0.2, 0.25) is 5.02 Å². The summed E-state index contributed by atoms with van der Waals surface area (Å²) in [7, 11) is 5.39. The summed E-state index contributed by atoms with van der Waals surface area (Å²) >= 11 is 6.25. The van der Waals surface area contributed by atoms with Crippen molar-refractivity contribution in [3.8, 4) is 5.75 Å². The molecule has 7 heteroatoms. The first-order valence-corrected chi connectivity index (χ1v) is 10.3. The van der Waals surface area contributed by atoms with Gasteiger partial charge in [0.2, 0.25) is 0 Å². The standard InChI is InChI=1S/C25H22ClN3O3/c1-28(2)18-10-12-19(13-11-18)29-24(30)22(16-7-5-4-6-8-16)23(25(29)31)27-17-9-14-21(32-3)20(26)15-17/h4-15,27H,1-3H3. The first kappa shape index (κ1) is 21.5. The highest BCUT2D eigenvalue weighted by Crippen LogP contribution is 2.35. The van der Waals surface area contributed by atoms with E-state index in [4.69, 9.17) is 16.3 Å². The van der Waals surface area contributed by atoms with Crippen molar-refractivity contribution < 1.29 is 14.3 Å². The Morgan fingerprint density at radius 1 is 0.906 bits per heavy atom. The molecular formula is C25H22ClN3O3. The fourth-order valence-corrected chi connectivity index (χ4v) is 3.80. The zero-order valence-electron chi connectivity index (χ0n) is 17.9. The number of benzene rings is 3. The molecule has 4 rings (SSSR count). The van der Waals surface area contributed by atoms with Gasteiger partial charge in [0.25, 0.3) is 11.8 Å². The third-order valence-electron chi connectivity index (χ3n) is 5.19. The Bertz CT molecular complexity index is 1200. The molecule has 0 saturated carbocycles. The Balaban J connectivity index is 1.76. The SMILES string of the molecule is COc1ccc(NC2=C(c3ccccc3)C(=O)N(c3ccc(N(C)C)cc3)C2=O)cc1Cl. The average Bonchev–Trinajstić information content (AvgIpc) is 3.04. The molecule has 1 aliphatic heterocycles. The summed E-state index contributed by atoms with van der Waals surface area (Å²) in [5.74, 6) is -0.301. The van der Waals surface area contributed by atoms with E-state index >= 15 is 0 Å². The number of carbonyl (C=O) groups excluding carboxylic acids is 2. The van der Waals surface area contributed by atoms with Gasteiger partial charge in [-0.05, 0) is 48.0 Å². The van der Waals surface area contributed by atoms with E-state index in [-0.39, 0.29) is 11.6 Å². The summed E-state index contributed by atoms with van der Waals surface area (Å²) in [6.45, 7) is 0. The zero-order chi connectivity index (χ0) is 22.8. The monoisotopic (exact) mass is 447 g/mol. The third-order valence-corrected chi connectivity index (χ3v) is 5.49. The second kappa shape index (κ2) is 8.77. The van der Waals surface area contributed by atoms with Crippen LogP contribution in [0.4, 0.5) is 17.1 Å². The number of carbonyl (C=O) groups is 2. The van der Waals surface area contributed by atoms with Crippen molar-refractivity contribution in [2.75, 3.05) is 36.3 Å². The Kier molecular flexibility index (Phi) is 5.88.